The second kappa shape index (κ2) is 5.23. The van der Waals surface area contributed by atoms with Crippen molar-refractivity contribution in [3.8, 4) is 11.3 Å². The highest BCUT2D eigenvalue weighted by Gasteiger charge is 2.04. The van der Waals surface area contributed by atoms with Crippen molar-refractivity contribution in [2.75, 3.05) is 0 Å². The van der Waals surface area contributed by atoms with E-state index in [9.17, 15) is 4.79 Å². The summed E-state index contributed by atoms with van der Waals surface area (Å²) < 4.78 is 0. The van der Waals surface area contributed by atoms with Crippen LogP contribution in [-0.4, -0.2) is 16.1 Å². The topological polar surface area (TPSA) is 50.2 Å². The third-order valence-electron chi connectivity index (χ3n) is 2.05. The number of benzene rings is 1. The standard InChI is InChI=1S/C11H9NO2S.BrH/c1-7-12-10(6-15-7)8-2-4-9(5-3-8)11(13)14;/h2-6H,1H3,(H,13,14);1H. The molecule has 3 nitrogen and oxygen atoms in total. The summed E-state index contributed by atoms with van der Waals surface area (Å²) in [6.45, 7) is 1.94. The van der Waals surface area contributed by atoms with Gasteiger partial charge in [-0.1, -0.05) is 12.1 Å². The second-order valence-electron chi connectivity index (χ2n) is 3.13. The zero-order valence-corrected chi connectivity index (χ0v) is 11.0. The molecule has 0 bridgehead atoms. The van der Waals surface area contributed by atoms with Gasteiger partial charge in [-0.3, -0.25) is 0 Å². The lowest BCUT2D eigenvalue weighted by molar-refractivity contribution is 0.0697. The van der Waals surface area contributed by atoms with E-state index in [4.69, 9.17) is 5.11 Å². The summed E-state index contributed by atoms with van der Waals surface area (Å²) in [5.74, 6) is -0.906. The molecule has 84 valence electrons. The van der Waals surface area contributed by atoms with Crippen LogP contribution in [0.5, 0.6) is 0 Å². The number of carboxylic acids is 1. The normalized spacial score (nSPS) is 9.56. The zero-order valence-electron chi connectivity index (χ0n) is 8.51. The van der Waals surface area contributed by atoms with Crippen LogP contribution < -0.4 is 0 Å². The molecule has 0 unspecified atom stereocenters. The van der Waals surface area contributed by atoms with Gasteiger partial charge >= 0.3 is 5.97 Å². The van der Waals surface area contributed by atoms with Crippen LogP contribution in [0.15, 0.2) is 29.6 Å². The summed E-state index contributed by atoms with van der Waals surface area (Å²) in [4.78, 5) is 15.0. The fourth-order valence-electron chi connectivity index (χ4n) is 1.28. The van der Waals surface area contributed by atoms with Crippen LogP contribution in [0.25, 0.3) is 11.3 Å². The third kappa shape index (κ3) is 2.68. The number of nitrogens with zero attached hydrogens (tertiary/aromatic N) is 1. The lowest BCUT2D eigenvalue weighted by Crippen LogP contribution is -1.94. The van der Waals surface area contributed by atoms with E-state index < -0.39 is 5.97 Å². The van der Waals surface area contributed by atoms with Crippen LogP contribution in [0.3, 0.4) is 0 Å². The average Bonchev–Trinajstić information content (AvgIpc) is 2.65. The summed E-state index contributed by atoms with van der Waals surface area (Å²) in [5.41, 5.74) is 2.14. The van der Waals surface area contributed by atoms with Gasteiger partial charge in [0.1, 0.15) is 0 Å². The number of halogens is 1. The molecule has 1 heterocycles. The average molecular weight is 300 g/mol. The molecule has 2 rings (SSSR count). The van der Waals surface area contributed by atoms with Gasteiger partial charge in [0, 0.05) is 10.9 Å². The summed E-state index contributed by atoms with van der Waals surface area (Å²) >= 11 is 1.58. The molecule has 0 aliphatic carbocycles. The van der Waals surface area contributed by atoms with Gasteiger partial charge in [-0.15, -0.1) is 28.3 Å². The number of carboxylic acid groups (broad SMARTS) is 1. The molecule has 2 aromatic rings. The predicted octanol–water partition coefficient (Wildman–Crippen LogP) is 3.39. The van der Waals surface area contributed by atoms with Crippen molar-refractivity contribution < 1.29 is 9.90 Å². The van der Waals surface area contributed by atoms with Crippen LogP contribution in [0.4, 0.5) is 0 Å². The molecule has 0 aliphatic rings. The van der Waals surface area contributed by atoms with E-state index in [1.807, 2.05) is 12.3 Å². The maximum Gasteiger partial charge on any atom is 0.335 e. The largest absolute Gasteiger partial charge is 0.478 e. The Kier molecular flexibility index (Phi) is 4.20. The second-order valence-corrected chi connectivity index (χ2v) is 4.20. The quantitative estimate of drug-likeness (QED) is 0.925. The molecule has 0 atom stereocenters. The molecular formula is C11H10BrNO2S. The smallest absolute Gasteiger partial charge is 0.335 e. The molecule has 1 N–H and O–H groups in total. The maximum atomic E-state index is 10.6. The number of aromatic nitrogens is 1. The van der Waals surface area contributed by atoms with Gasteiger partial charge < -0.3 is 5.11 Å². The number of aryl methyl sites for hydroxylation is 1. The van der Waals surface area contributed by atoms with E-state index >= 15 is 0 Å². The Bertz CT molecular complexity index is 493. The highest BCUT2D eigenvalue weighted by atomic mass is 79.9. The Morgan fingerprint density at radius 1 is 1.31 bits per heavy atom. The SMILES string of the molecule is Br.Cc1nc(-c2ccc(C(=O)O)cc2)cs1. The van der Waals surface area contributed by atoms with Crippen molar-refractivity contribution in [3.05, 3.63) is 40.2 Å². The minimum Gasteiger partial charge on any atom is -0.478 e. The van der Waals surface area contributed by atoms with Crippen molar-refractivity contribution in [2.24, 2.45) is 0 Å². The number of carbonyl (C=O) groups is 1. The van der Waals surface area contributed by atoms with Gasteiger partial charge in [-0.2, -0.15) is 0 Å². The third-order valence-corrected chi connectivity index (χ3v) is 2.82. The van der Waals surface area contributed by atoms with Gasteiger partial charge in [0.05, 0.1) is 16.3 Å². The van der Waals surface area contributed by atoms with E-state index in [1.165, 1.54) is 0 Å². The summed E-state index contributed by atoms with van der Waals surface area (Å²) in [6.07, 6.45) is 0. The molecule has 1 aromatic heterocycles. The molecule has 5 heteroatoms. The van der Waals surface area contributed by atoms with E-state index in [1.54, 1.807) is 35.6 Å². The maximum absolute atomic E-state index is 10.6. The number of rotatable bonds is 2. The Hall–Kier alpha value is -1.20. The first-order valence-corrected chi connectivity index (χ1v) is 5.30. The molecule has 0 saturated heterocycles. The Balaban J connectivity index is 0.00000128. The monoisotopic (exact) mass is 299 g/mol. The van der Waals surface area contributed by atoms with Gasteiger partial charge in [0.25, 0.3) is 0 Å². The lowest BCUT2D eigenvalue weighted by Gasteiger charge is -1.97. The van der Waals surface area contributed by atoms with Crippen molar-refractivity contribution in [1.82, 2.24) is 4.98 Å². The van der Waals surface area contributed by atoms with Gasteiger partial charge in [0.15, 0.2) is 0 Å². The number of hydrogen-bond donors (Lipinski definition) is 1. The first-order chi connectivity index (χ1) is 7.16. The highest BCUT2D eigenvalue weighted by Crippen LogP contribution is 2.21. The summed E-state index contributed by atoms with van der Waals surface area (Å²) in [7, 11) is 0. The van der Waals surface area contributed by atoms with E-state index in [0.717, 1.165) is 16.3 Å². The van der Waals surface area contributed by atoms with Crippen molar-refractivity contribution >= 4 is 34.3 Å². The number of hydrogen-bond acceptors (Lipinski definition) is 3. The molecule has 0 radical (unpaired) electrons. The van der Waals surface area contributed by atoms with E-state index in [0.29, 0.717) is 5.56 Å². The minimum absolute atomic E-state index is 0. The summed E-state index contributed by atoms with van der Waals surface area (Å²) in [5, 5.41) is 11.7. The minimum atomic E-state index is -0.906. The number of aromatic carboxylic acids is 1. The first kappa shape index (κ1) is 12.9. The zero-order chi connectivity index (χ0) is 10.8. The van der Waals surface area contributed by atoms with Crippen LogP contribution >= 0.6 is 28.3 Å². The highest BCUT2D eigenvalue weighted by molar-refractivity contribution is 8.93. The van der Waals surface area contributed by atoms with Gasteiger partial charge in [-0.05, 0) is 19.1 Å². The number of thiazole rings is 1. The van der Waals surface area contributed by atoms with Crippen LogP contribution in [0.2, 0.25) is 0 Å². The molecule has 0 saturated carbocycles. The fraction of sp³-hybridized carbons (Fsp3) is 0.0909. The van der Waals surface area contributed by atoms with Gasteiger partial charge in [0.2, 0.25) is 0 Å². The van der Waals surface area contributed by atoms with Crippen molar-refractivity contribution in [2.45, 2.75) is 6.92 Å². The van der Waals surface area contributed by atoms with Crippen LogP contribution in [-0.2, 0) is 0 Å². The molecule has 1 aromatic carbocycles. The molecular weight excluding hydrogens is 290 g/mol. The Labute approximate surface area is 108 Å². The Morgan fingerprint density at radius 2 is 1.94 bits per heavy atom. The van der Waals surface area contributed by atoms with Crippen molar-refractivity contribution in [3.63, 3.8) is 0 Å². The van der Waals surface area contributed by atoms with Crippen molar-refractivity contribution in [1.29, 1.82) is 0 Å². The van der Waals surface area contributed by atoms with E-state index in [-0.39, 0.29) is 17.0 Å². The lowest BCUT2D eigenvalue weighted by atomic mass is 10.1. The van der Waals surface area contributed by atoms with Gasteiger partial charge in [-0.25, -0.2) is 9.78 Å². The molecule has 0 spiro atoms. The molecule has 16 heavy (non-hydrogen) atoms. The fourth-order valence-corrected chi connectivity index (χ4v) is 1.90. The molecule has 0 aliphatic heterocycles. The summed E-state index contributed by atoms with van der Waals surface area (Å²) in [6, 6.07) is 6.73. The molecule has 0 amide bonds. The van der Waals surface area contributed by atoms with Crippen LogP contribution in [0.1, 0.15) is 15.4 Å². The van der Waals surface area contributed by atoms with E-state index in [2.05, 4.69) is 4.98 Å². The first-order valence-electron chi connectivity index (χ1n) is 4.42. The Morgan fingerprint density at radius 3 is 2.38 bits per heavy atom. The predicted molar refractivity (Wildman–Crippen MR) is 69.6 cm³/mol. The van der Waals surface area contributed by atoms with Crippen LogP contribution in [0, 0.1) is 6.92 Å². The molecule has 0 fully saturated rings.